The molecule has 0 aliphatic carbocycles. The summed E-state index contributed by atoms with van der Waals surface area (Å²) in [4.78, 5) is 32.0. The molecule has 0 radical (unpaired) electrons. The Morgan fingerprint density at radius 3 is 2.62 bits per heavy atom. The SMILES string of the molecule is COC(=O)C(=O)OC1=CC(=O)SC1. The zero-order valence-corrected chi connectivity index (χ0v) is 7.55. The average molecular weight is 202 g/mol. The molecule has 0 atom stereocenters. The van der Waals surface area contributed by atoms with Crippen LogP contribution in [-0.4, -0.2) is 29.9 Å². The van der Waals surface area contributed by atoms with E-state index in [4.69, 9.17) is 0 Å². The summed E-state index contributed by atoms with van der Waals surface area (Å²) in [6.45, 7) is 0. The summed E-state index contributed by atoms with van der Waals surface area (Å²) in [5.41, 5.74) is 0. The minimum Gasteiger partial charge on any atom is -0.461 e. The summed E-state index contributed by atoms with van der Waals surface area (Å²) in [6, 6.07) is 0. The maximum absolute atomic E-state index is 10.8. The fourth-order valence-corrected chi connectivity index (χ4v) is 1.30. The van der Waals surface area contributed by atoms with Gasteiger partial charge in [-0.3, -0.25) is 4.79 Å². The number of hydrogen-bond donors (Lipinski definition) is 0. The molecular formula is C7H6O5S. The normalized spacial score (nSPS) is 15.2. The van der Waals surface area contributed by atoms with Gasteiger partial charge in [-0.15, -0.1) is 0 Å². The van der Waals surface area contributed by atoms with Crippen LogP contribution in [0.3, 0.4) is 0 Å². The Hall–Kier alpha value is -1.30. The van der Waals surface area contributed by atoms with Gasteiger partial charge in [0.1, 0.15) is 5.76 Å². The molecule has 0 aromatic heterocycles. The predicted octanol–water partition coefficient (Wildman–Crippen LogP) is -0.140. The first-order valence-corrected chi connectivity index (χ1v) is 4.29. The van der Waals surface area contributed by atoms with Gasteiger partial charge in [0.05, 0.1) is 12.9 Å². The molecule has 0 saturated carbocycles. The minimum absolute atomic E-state index is 0.186. The fraction of sp³-hybridized carbons (Fsp3) is 0.286. The van der Waals surface area contributed by atoms with Crippen molar-refractivity contribution in [1.82, 2.24) is 0 Å². The number of methoxy groups -OCH3 is 1. The molecule has 13 heavy (non-hydrogen) atoms. The number of rotatable bonds is 1. The summed E-state index contributed by atoms with van der Waals surface area (Å²) in [5.74, 6) is -1.72. The second-order valence-corrected chi connectivity index (χ2v) is 3.08. The molecule has 0 aromatic carbocycles. The third-order valence-electron chi connectivity index (χ3n) is 1.21. The van der Waals surface area contributed by atoms with Crippen LogP contribution < -0.4 is 0 Å². The van der Waals surface area contributed by atoms with Gasteiger partial charge in [0, 0.05) is 6.08 Å². The third-order valence-corrected chi connectivity index (χ3v) is 2.04. The highest BCUT2D eigenvalue weighted by molar-refractivity contribution is 8.14. The Bertz CT molecular complexity index is 293. The molecule has 0 spiro atoms. The van der Waals surface area contributed by atoms with E-state index in [1.807, 2.05) is 0 Å². The molecular weight excluding hydrogens is 196 g/mol. The van der Waals surface area contributed by atoms with Crippen LogP contribution in [0.4, 0.5) is 0 Å². The van der Waals surface area contributed by atoms with Crippen molar-refractivity contribution in [3.8, 4) is 0 Å². The summed E-state index contributed by atoms with van der Waals surface area (Å²) in [6.07, 6.45) is 1.17. The average Bonchev–Trinajstić information content (AvgIpc) is 2.49. The fourth-order valence-electron chi connectivity index (χ4n) is 0.660. The van der Waals surface area contributed by atoms with Gasteiger partial charge >= 0.3 is 11.9 Å². The van der Waals surface area contributed by atoms with Crippen LogP contribution in [0.5, 0.6) is 0 Å². The number of esters is 2. The van der Waals surface area contributed by atoms with Crippen LogP contribution >= 0.6 is 11.8 Å². The molecule has 1 rings (SSSR count). The molecule has 0 amide bonds. The number of hydrogen-bond acceptors (Lipinski definition) is 6. The second kappa shape index (κ2) is 4.08. The van der Waals surface area contributed by atoms with E-state index in [-0.39, 0.29) is 16.6 Å². The lowest BCUT2D eigenvalue weighted by molar-refractivity contribution is -0.163. The molecule has 70 valence electrons. The van der Waals surface area contributed by atoms with E-state index >= 15 is 0 Å². The van der Waals surface area contributed by atoms with E-state index in [9.17, 15) is 14.4 Å². The predicted molar refractivity (Wildman–Crippen MR) is 43.7 cm³/mol. The smallest absolute Gasteiger partial charge is 0.422 e. The van der Waals surface area contributed by atoms with Crippen LogP contribution in [0.2, 0.25) is 0 Å². The van der Waals surface area contributed by atoms with E-state index in [0.717, 1.165) is 18.9 Å². The monoisotopic (exact) mass is 202 g/mol. The molecule has 0 saturated heterocycles. The molecule has 1 aliphatic heterocycles. The molecule has 1 heterocycles. The summed E-state index contributed by atoms with van der Waals surface area (Å²) >= 11 is 1.01. The van der Waals surface area contributed by atoms with Gasteiger partial charge in [-0.1, -0.05) is 11.8 Å². The van der Waals surface area contributed by atoms with Crippen molar-refractivity contribution in [2.45, 2.75) is 0 Å². The van der Waals surface area contributed by atoms with E-state index in [1.54, 1.807) is 0 Å². The highest BCUT2D eigenvalue weighted by Gasteiger charge is 2.21. The quantitative estimate of drug-likeness (QED) is 0.435. The van der Waals surface area contributed by atoms with E-state index < -0.39 is 11.9 Å². The Labute approximate surface area is 78.1 Å². The lowest BCUT2D eigenvalue weighted by Crippen LogP contribution is -2.18. The van der Waals surface area contributed by atoms with Crippen molar-refractivity contribution in [1.29, 1.82) is 0 Å². The first kappa shape index (κ1) is 9.79. The van der Waals surface area contributed by atoms with Gasteiger partial charge < -0.3 is 9.47 Å². The Morgan fingerprint density at radius 1 is 1.46 bits per heavy atom. The molecule has 5 nitrogen and oxygen atoms in total. The second-order valence-electron chi connectivity index (χ2n) is 2.10. The lowest BCUT2D eigenvalue weighted by Gasteiger charge is -2.00. The zero-order chi connectivity index (χ0) is 9.84. The molecule has 1 aliphatic rings. The standard InChI is InChI=1S/C7H6O5S/c1-11-6(9)7(10)12-4-2-5(8)13-3-4/h2H,3H2,1H3. The van der Waals surface area contributed by atoms with Crippen LogP contribution in [0.15, 0.2) is 11.8 Å². The lowest BCUT2D eigenvalue weighted by atomic mass is 10.5. The van der Waals surface area contributed by atoms with Crippen LogP contribution in [-0.2, 0) is 23.9 Å². The Balaban J connectivity index is 2.50. The van der Waals surface area contributed by atoms with Gasteiger partial charge in [-0.2, -0.15) is 0 Å². The largest absolute Gasteiger partial charge is 0.461 e. The van der Waals surface area contributed by atoms with Gasteiger partial charge in [0.15, 0.2) is 0 Å². The third kappa shape index (κ3) is 2.59. The number of carbonyl (C=O) groups excluding carboxylic acids is 3. The van der Waals surface area contributed by atoms with Crippen molar-refractivity contribution in [3.05, 3.63) is 11.8 Å². The maximum Gasteiger partial charge on any atom is 0.422 e. The van der Waals surface area contributed by atoms with Crippen molar-refractivity contribution in [3.63, 3.8) is 0 Å². The zero-order valence-electron chi connectivity index (χ0n) is 6.73. The Kier molecular flexibility index (Phi) is 3.07. The minimum atomic E-state index is -1.11. The number of ether oxygens (including phenoxy) is 2. The van der Waals surface area contributed by atoms with Crippen LogP contribution in [0.1, 0.15) is 0 Å². The topological polar surface area (TPSA) is 69.7 Å². The number of carbonyl (C=O) groups is 3. The molecule has 0 unspecified atom stereocenters. The Morgan fingerprint density at radius 2 is 2.15 bits per heavy atom. The van der Waals surface area contributed by atoms with E-state index in [2.05, 4.69) is 9.47 Å². The van der Waals surface area contributed by atoms with Crippen molar-refractivity contribution >= 4 is 28.8 Å². The van der Waals surface area contributed by atoms with Gasteiger partial charge in [0.2, 0.25) is 5.12 Å². The highest BCUT2D eigenvalue weighted by atomic mass is 32.2. The van der Waals surface area contributed by atoms with Gasteiger partial charge in [0.25, 0.3) is 0 Å². The van der Waals surface area contributed by atoms with Crippen LogP contribution in [0, 0.1) is 0 Å². The first-order chi connectivity index (χ1) is 6.13. The number of thioether (sulfide) groups is 1. The van der Waals surface area contributed by atoms with Crippen molar-refractivity contribution in [2.24, 2.45) is 0 Å². The van der Waals surface area contributed by atoms with Crippen molar-refractivity contribution in [2.75, 3.05) is 12.9 Å². The molecule has 0 bridgehead atoms. The van der Waals surface area contributed by atoms with Crippen molar-refractivity contribution < 1.29 is 23.9 Å². The molecule has 0 N–H and O–H groups in total. The van der Waals surface area contributed by atoms with E-state index in [0.29, 0.717) is 0 Å². The van der Waals surface area contributed by atoms with Gasteiger partial charge in [-0.05, 0) is 0 Å². The molecule has 0 aromatic rings. The molecule has 0 fully saturated rings. The maximum atomic E-state index is 10.8. The summed E-state index contributed by atoms with van der Waals surface area (Å²) in [5, 5.41) is -0.187. The first-order valence-electron chi connectivity index (χ1n) is 3.31. The van der Waals surface area contributed by atoms with Gasteiger partial charge in [-0.25, -0.2) is 9.59 Å². The molecule has 6 heteroatoms. The van der Waals surface area contributed by atoms with E-state index in [1.165, 1.54) is 6.08 Å². The summed E-state index contributed by atoms with van der Waals surface area (Å²) < 4.78 is 8.66. The highest BCUT2D eigenvalue weighted by Crippen LogP contribution is 2.19. The summed E-state index contributed by atoms with van der Waals surface area (Å²) in [7, 11) is 1.08. The van der Waals surface area contributed by atoms with Crippen LogP contribution in [0.25, 0.3) is 0 Å².